The second-order valence-electron chi connectivity index (χ2n) is 6.16. The van der Waals surface area contributed by atoms with Crippen molar-refractivity contribution < 1.29 is 18.3 Å². The summed E-state index contributed by atoms with van der Waals surface area (Å²) in [6, 6.07) is 5.03. The number of aryl methyl sites for hydroxylation is 1. The van der Waals surface area contributed by atoms with Crippen molar-refractivity contribution in [2.24, 2.45) is 5.41 Å². The molecule has 0 atom stereocenters. The highest BCUT2D eigenvalue weighted by Crippen LogP contribution is 2.21. The number of hydrogen-bond acceptors (Lipinski definition) is 3. The maximum Gasteiger partial charge on any atom is 0.328 e. The number of rotatable bonds is 5. The Morgan fingerprint density at radius 2 is 1.95 bits per heavy atom. The zero-order valence-corrected chi connectivity index (χ0v) is 13.5. The lowest BCUT2D eigenvalue weighted by molar-refractivity contribution is -0.131. The van der Waals surface area contributed by atoms with Crippen molar-refractivity contribution in [1.29, 1.82) is 0 Å². The van der Waals surface area contributed by atoms with Crippen LogP contribution in [0.1, 0.15) is 31.9 Å². The van der Waals surface area contributed by atoms with Gasteiger partial charge in [0.1, 0.15) is 0 Å². The molecule has 21 heavy (non-hydrogen) atoms. The largest absolute Gasteiger partial charge is 0.478 e. The van der Waals surface area contributed by atoms with Gasteiger partial charge in [0.05, 0.1) is 5.75 Å². The van der Waals surface area contributed by atoms with E-state index in [9.17, 15) is 13.2 Å². The molecule has 1 aromatic carbocycles. The van der Waals surface area contributed by atoms with E-state index in [1.54, 1.807) is 18.2 Å². The maximum absolute atomic E-state index is 12.1. The molecule has 0 fully saturated rings. The van der Waals surface area contributed by atoms with Gasteiger partial charge in [0.2, 0.25) is 10.0 Å². The fourth-order valence-corrected chi connectivity index (χ4v) is 3.53. The van der Waals surface area contributed by atoms with Crippen molar-refractivity contribution in [1.82, 2.24) is 0 Å². The molecule has 0 aliphatic carbocycles. The van der Waals surface area contributed by atoms with Crippen LogP contribution in [0, 0.1) is 12.3 Å². The summed E-state index contributed by atoms with van der Waals surface area (Å²) in [7, 11) is -3.44. The second kappa shape index (κ2) is 6.30. The van der Waals surface area contributed by atoms with Gasteiger partial charge in [0, 0.05) is 11.8 Å². The molecule has 1 aromatic rings. The molecule has 1 rings (SSSR count). The molecule has 0 spiro atoms. The summed E-state index contributed by atoms with van der Waals surface area (Å²) < 4.78 is 26.6. The van der Waals surface area contributed by atoms with Crippen LogP contribution in [0.15, 0.2) is 24.3 Å². The lowest BCUT2D eigenvalue weighted by Crippen LogP contribution is -2.26. The van der Waals surface area contributed by atoms with Gasteiger partial charge in [-0.25, -0.2) is 13.2 Å². The Labute approximate surface area is 125 Å². The summed E-state index contributed by atoms with van der Waals surface area (Å²) in [5, 5.41) is 8.65. The fraction of sp³-hybridized carbons (Fsp3) is 0.400. The molecule has 5 nitrogen and oxygen atoms in total. The van der Waals surface area contributed by atoms with Gasteiger partial charge >= 0.3 is 5.97 Å². The highest BCUT2D eigenvalue weighted by molar-refractivity contribution is 7.92. The molecule has 0 bridgehead atoms. The summed E-state index contributed by atoms with van der Waals surface area (Å²) in [5.74, 6) is -1.04. The molecule has 0 saturated heterocycles. The van der Waals surface area contributed by atoms with E-state index in [-0.39, 0.29) is 11.2 Å². The Balaban J connectivity index is 3.00. The van der Waals surface area contributed by atoms with E-state index >= 15 is 0 Å². The third-order valence-corrected chi connectivity index (χ3v) is 4.37. The van der Waals surface area contributed by atoms with Crippen molar-refractivity contribution >= 4 is 27.8 Å². The SMILES string of the molecule is Cc1ccc(NS(=O)(=O)CC(C)(C)C)cc1C=CC(=O)O. The summed E-state index contributed by atoms with van der Waals surface area (Å²) >= 11 is 0. The van der Waals surface area contributed by atoms with Crippen LogP contribution in [0.5, 0.6) is 0 Å². The minimum Gasteiger partial charge on any atom is -0.478 e. The minimum atomic E-state index is -3.44. The summed E-state index contributed by atoms with van der Waals surface area (Å²) in [5.41, 5.74) is 1.61. The van der Waals surface area contributed by atoms with Crippen LogP contribution in [-0.4, -0.2) is 25.2 Å². The molecule has 0 radical (unpaired) electrons. The van der Waals surface area contributed by atoms with Crippen molar-refractivity contribution in [2.45, 2.75) is 27.7 Å². The average molecular weight is 311 g/mol. The van der Waals surface area contributed by atoms with Crippen LogP contribution in [-0.2, 0) is 14.8 Å². The van der Waals surface area contributed by atoms with Gasteiger partial charge in [-0.1, -0.05) is 26.8 Å². The third kappa shape index (κ3) is 6.44. The van der Waals surface area contributed by atoms with E-state index in [0.29, 0.717) is 11.3 Å². The molecule has 2 N–H and O–H groups in total. The lowest BCUT2D eigenvalue weighted by Gasteiger charge is -2.19. The molecular formula is C15H21NO4S. The van der Waals surface area contributed by atoms with Gasteiger partial charge in [-0.05, 0) is 41.7 Å². The van der Waals surface area contributed by atoms with Gasteiger partial charge in [0.25, 0.3) is 0 Å². The summed E-state index contributed by atoms with van der Waals surface area (Å²) in [6.45, 7) is 7.38. The van der Waals surface area contributed by atoms with Crippen LogP contribution in [0.2, 0.25) is 0 Å². The van der Waals surface area contributed by atoms with Crippen molar-refractivity contribution in [2.75, 3.05) is 10.5 Å². The molecule has 0 aliphatic heterocycles. The smallest absolute Gasteiger partial charge is 0.328 e. The number of sulfonamides is 1. The van der Waals surface area contributed by atoms with E-state index in [1.165, 1.54) is 6.08 Å². The molecular weight excluding hydrogens is 290 g/mol. The Bertz CT molecular complexity index is 655. The maximum atomic E-state index is 12.1. The van der Waals surface area contributed by atoms with Gasteiger partial charge in [-0.15, -0.1) is 0 Å². The molecule has 0 aliphatic rings. The van der Waals surface area contributed by atoms with Gasteiger partial charge in [0.15, 0.2) is 0 Å². The van der Waals surface area contributed by atoms with Gasteiger partial charge in [-0.2, -0.15) is 0 Å². The topological polar surface area (TPSA) is 83.5 Å². The first-order valence-electron chi connectivity index (χ1n) is 6.51. The first-order chi connectivity index (χ1) is 9.48. The molecule has 6 heteroatoms. The predicted molar refractivity (Wildman–Crippen MR) is 84.7 cm³/mol. The molecule has 0 heterocycles. The predicted octanol–water partition coefficient (Wildman–Crippen LogP) is 2.88. The molecule has 0 aromatic heterocycles. The fourth-order valence-electron chi connectivity index (χ4n) is 1.83. The Kier molecular flexibility index (Phi) is 5.17. The Morgan fingerprint density at radius 1 is 1.33 bits per heavy atom. The number of carbonyl (C=O) groups is 1. The highest BCUT2D eigenvalue weighted by Gasteiger charge is 2.21. The van der Waals surface area contributed by atoms with Crippen LogP contribution in [0.25, 0.3) is 6.08 Å². The number of carboxylic acids is 1. The highest BCUT2D eigenvalue weighted by atomic mass is 32.2. The second-order valence-corrected chi connectivity index (χ2v) is 7.89. The monoisotopic (exact) mass is 311 g/mol. The van der Waals surface area contributed by atoms with Crippen molar-refractivity contribution in [3.8, 4) is 0 Å². The van der Waals surface area contributed by atoms with Gasteiger partial charge in [-0.3, -0.25) is 4.72 Å². The lowest BCUT2D eigenvalue weighted by atomic mass is 10.0. The minimum absolute atomic E-state index is 0.00811. The molecule has 0 amide bonds. The number of carboxylic acid groups (broad SMARTS) is 1. The molecule has 116 valence electrons. The van der Waals surface area contributed by atoms with Crippen molar-refractivity contribution in [3.63, 3.8) is 0 Å². The average Bonchev–Trinajstić information content (AvgIpc) is 2.26. The van der Waals surface area contributed by atoms with E-state index in [0.717, 1.165) is 11.6 Å². The molecule has 0 unspecified atom stereocenters. The number of hydrogen-bond donors (Lipinski definition) is 2. The Morgan fingerprint density at radius 3 is 2.48 bits per heavy atom. The summed E-state index contributed by atoms with van der Waals surface area (Å²) in [6.07, 6.45) is 2.47. The Hall–Kier alpha value is -1.82. The van der Waals surface area contributed by atoms with Gasteiger partial charge < -0.3 is 5.11 Å². The van der Waals surface area contributed by atoms with Crippen LogP contribution >= 0.6 is 0 Å². The zero-order valence-electron chi connectivity index (χ0n) is 12.7. The summed E-state index contributed by atoms with van der Waals surface area (Å²) in [4.78, 5) is 10.6. The first-order valence-corrected chi connectivity index (χ1v) is 8.16. The first kappa shape index (κ1) is 17.2. The number of aliphatic carboxylic acids is 1. The normalized spacial score (nSPS) is 12.6. The van der Waals surface area contributed by atoms with E-state index in [4.69, 9.17) is 5.11 Å². The van der Waals surface area contributed by atoms with Crippen LogP contribution < -0.4 is 4.72 Å². The number of nitrogens with one attached hydrogen (secondary N) is 1. The van der Waals surface area contributed by atoms with E-state index < -0.39 is 16.0 Å². The van der Waals surface area contributed by atoms with E-state index in [2.05, 4.69) is 4.72 Å². The standard InChI is InChI=1S/C15H21NO4S/c1-11-5-7-13(9-12(11)6-8-14(17)18)16-21(19,20)10-15(2,3)4/h5-9,16H,10H2,1-4H3,(H,17,18). The van der Waals surface area contributed by atoms with Crippen molar-refractivity contribution in [3.05, 3.63) is 35.4 Å². The third-order valence-electron chi connectivity index (χ3n) is 2.58. The van der Waals surface area contributed by atoms with E-state index in [1.807, 2.05) is 27.7 Å². The number of benzene rings is 1. The zero-order chi connectivity index (χ0) is 16.3. The van der Waals surface area contributed by atoms with Crippen LogP contribution in [0.4, 0.5) is 5.69 Å². The van der Waals surface area contributed by atoms with Crippen LogP contribution in [0.3, 0.4) is 0 Å². The molecule has 0 saturated carbocycles. The quantitative estimate of drug-likeness (QED) is 0.819. The number of anilines is 1.